The molecule has 0 radical (unpaired) electrons. The van der Waals surface area contributed by atoms with Crippen LogP contribution in [0.1, 0.15) is 11.1 Å². The van der Waals surface area contributed by atoms with Gasteiger partial charge in [0.1, 0.15) is 23.1 Å². The third-order valence-electron chi connectivity index (χ3n) is 3.05. The monoisotopic (exact) mass is 349 g/mol. The van der Waals surface area contributed by atoms with E-state index in [-0.39, 0.29) is 28.8 Å². The van der Waals surface area contributed by atoms with Gasteiger partial charge in [0.25, 0.3) is 0 Å². The Kier molecular flexibility index (Phi) is 5.43. The van der Waals surface area contributed by atoms with Crippen molar-refractivity contribution in [1.29, 1.82) is 5.26 Å². The summed E-state index contributed by atoms with van der Waals surface area (Å²) in [4.78, 5) is 17.1. The predicted octanol–water partition coefficient (Wildman–Crippen LogP) is 3.68. The zero-order valence-corrected chi connectivity index (χ0v) is 14.0. The summed E-state index contributed by atoms with van der Waals surface area (Å²) in [5, 5.41) is 9.52. The summed E-state index contributed by atoms with van der Waals surface area (Å²) >= 11 is 12.1. The number of hydrogen-bond donors (Lipinski definition) is 0. The summed E-state index contributed by atoms with van der Waals surface area (Å²) in [5.74, 6) is 0.612. The first kappa shape index (κ1) is 17.1. The average molecular weight is 350 g/mol. The van der Waals surface area contributed by atoms with E-state index < -0.39 is 0 Å². The minimum absolute atomic E-state index is 0.0255. The molecule has 2 rings (SSSR count). The molecule has 0 saturated heterocycles. The molecule has 7 heteroatoms. The highest BCUT2D eigenvalue weighted by Crippen LogP contribution is 2.33. The third kappa shape index (κ3) is 4.13. The van der Waals surface area contributed by atoms with Crippen LogP contribution in [0.4, 0.5) is 0 Å². The highest BCUT2D eigenvalue weighted by molar-refractivity contribution is 6.32. The molecule has 1 heterocycles. The molecule has 0 unspecified atom stereocenters. The van der Waals surface area contributed by atoms with Crippen molar-refractivity contribution in [3.63, 3.8) is 0 Å². The van der Waals surface area contributed by atoms with Gasteiger partial charge in [-0.25, -0.2) is 4.98 Å². The quantitative estimate of drug-likeness (QED) is 0.789. The number of carbonyl (C=O) groups is 1. The number of rotatable bonds is 4. The number of hydrogen-bond acceptors (Lipinski definition) is 4. The summed E-state index contributed by atoms with van der Waals surface area (Å²) in [7, 11) is 3.38. The highest BCUT2D eigenvalue weighted by Gasteiger charge is 2.13. The minimum Gasteiger partial charge on any atom is -0.454 e. The molecule has 0 fully saturated rings. The van der Waals surface area contributed by atoms with Crippen LogP contribution in [-0.2, 0) is 11.2 Å². The fourth-order valence-corrected chi connectivity index (χ4v) is 2.23. The van der Waals surface area contributed by atoms with Crippen LogP contribution < -0.4 is 4.74 Å². The lowest BCUT2D eigenvalue weighted by atomic mass is 10.1. The Bertz CT molecular complexity index is 785. The first-order valence-electron chi connectivity index (χ1n) is 6.63. The standard InChI is InChI=1S/C16H13Cl2N3O2/c1-21(2)15(22)8-10-3-4-14(12(17)7-10)23-13-5-6-20-16(18)11(13)9-19/h3-7H,8H2,1-2H3. The molecule has 0 aliphatic heterocycles. The van der Waals surface area contributed by atoms with E-state index in [4.69, 9.17) is 33.2 Å². The zero-order chi connectivity index (χ0) is 17.0. The van der Waals surface area contributed by atoms with Crippen LogP contribution in [0.2, 0.25) is 10.2 Å². The number of amides is 1. The van der Waals surface area contributed by atoms with Crippen LogP contribution in [0.25, 0.3) is 0 Å². The van der Waals surface area contributed by atoms with E-state index in [1.807, 2.05) is 6.07 Å². The maximum atomic E-state index is 11.7. The Morgan fingerprint density at radius 1 is 1.30 bits per heavy atom. The van der Waals surface area contributed by atoms with Gasteiger partial charge in [0.15, 0.2) is 5.15 Å². The van der Waals surface area contributed by atoms with Crippen molar-refractivity contribution in [2.75, 3.05) is 14.1 Å². The number of benzene rings is 1. The number of pyridine rings is 1. The van der Waals surface area contributed by atoms with Crippen molar-refractivity contribution in [1.82, 2.24) is 9.88 Å². The van der Waals surface area contributed by atoms with Crippen LogP contribution in [-0.4, -0.2) is 29.9 Å². The number of nitriles is 1. The first-order valence-corrected chi connectivity index (χ1v) is 7.39. The van der Waals surface area contributed by atoms with E-state index in [0.717, 1.165) is 5.56 Å². The summed E-state index contributed by atoms with van der Waals surface area (Å²) in [6.07, 6.45) is 1.69. The maximum Gasteiger partial charge on any atom is 0.226 e. The number of aromatic nitrogens is 1. The molecule has 0 aliphatic rings. The molecular weight excluding hydrogens is 337 g/mol. The van der Waals surface area contributed by atoms with Crippen LogP contribution in [0.3, 0.4) is 0 Å². The van der Waals surface area contributed by atoms with Gasteiger partial charge in [-0.05, 0) is 17.7 Å². The van der Waals surface area contributed by atoms with Crippen molar-refractivity contribution < 1.29 is 9.53 Å². The molecule has 5 nitrogen and oxygen atoms in total. The summed E-state index contributed by atoms with van der Waals surface area (Å²) in [6, 6.07) is 8.53. The van der Waals surface area contributed by atoms with Gasteiger partial charge in [-0.1, -0.05) is 29.3 Å². The van der Waals surface area contributed by atoms with E-state index in [0.29, 0.717) is 10.8 Å². The van der Waals surface area contributed by atoms with Crippen molar-refractivity contribution in [2.45, 2.75) is 6.42 Å². The second-order valence-electron chi connectivity index (χ2n) is 4.92. The molecule has 1 amide bonds. The van der Waals surface area contributed by atoms with E-state index in [1.54, 1.807) is 32.3 Å². The number of ether oxygens (including phenoxy) is 1. The minimum atomic E-state index is -0.0255. The predicted molar refractivity (Wildman–Crippen MR) is 87.9 cm³/mol. The fraction of sp³-hybridized carbons (Fsp3) is 0.188. The molecule has 0 bridgehead atoms. The number of likely N-dealkylation sites (N-methyl/N-ethyl adjacent to an activating group) is 1. The Labute approximate surface area is 144 Å². The highest BCUT2D eigenvalue weighted by atomic mass is 35.5. The topological polar surface area (TPSA) is 66.2 Å². The number of carbonyl (C=O) groups excluding carboxylic acids is 1. The van der Waals surface area contributed by atoms with Gasteiger partial charge in [-0.3, -0.25) is 4.79 Å². The van der Waals surface area contributed by atoms with Gasteiger partial charge in [-0.2, -0.15) is 5.26 Å². The third-order valence-corrected chi connectivity index (χ3v) is 3.63. The van der Waals surface area contributed by atoms with E-state index >= 15 is 0 Å². The molecule has 0 saturated carbocycles. The first-order chi connectivity index (χ1) is 10.9. The molecule has 1 aromatic carbocycles. The number of nitrogens with zero attached hydrogens (tertiary/aromatic N) is 3. The van der Waals surface area contributed by atoms with Crippen LogP contribution in [0.5, 0.6) is 11.5 Å². The lowest BCUT2D eigenvalue weighted by Gasteiger charge is -2.12. The van der Waals surface area contributed by atoms with Crippen LogP contribution >= 0.6 is 23.2 Å². The molecule has 0 atom stereocenters. The second-order valence-corrected chi connectivity index (χ2v) is 5.68. The maximum absolute atomic E-state index is 11.7. The molecule has 0 spiro atoms. The number of halogens is 2. The van der Waals surface area contributed by atoms with E-state index in [1.165, 1.54) is 17.2 Å². The second kappa shape index (κ2) is 7.32. The van der Waals surface area contributed by atoms with Gasteiger partial charge in [-0.15, -0.1) is 0 Å². The molecule has 118 valence electrons. The summed E-state index contributed by atoms with van der Waals surface area (Å²) in [5.41, 5.74) is 0.909. The fourth-order valence-electron chi connectivity index (χ4n) is 1.79. The molecule has 0 aliphatic carbocycles. The van der Waals surface area contributed by atoms with Crippen molar-refractivity contribution in [2.24, 2.45) is 0 Å². The van der Waals surface area contributed by atoms with Gasteiger partial charge < -0.3 is 9.64 Å². The van der Waals surface area contributed by atoms with Crippen molar-refractivity contribution in [3.8, 4) is 17.6 Å². The summed E-state index contributed by atoms with van der Waals surface area (Å²) in [6.45, 7) is 0. The Morgan fingerprint density at radius 2 is 2.04 bits per heavy atom. The summed E-state index contributed by atoms with van der Waals surface area (Å²) < 4.78 is 5.65. The van der Waals surface area contributed by atoms with Gasteiger partial charge >= 0.3 is 0 Å². The van der Waals surface area contributed by atoms with Crippen molar-refractivity contribution in [3.05, 3.63) is 51.8 Å². The van der Waals surface area contributed by atoms with E-state index in [2.05, 4.69) is 4.98 Å². The molecule has 1 aromatic heterocycles. The normalized spacial score (nSPS) is 10.0. The molecular formula is C16H13Cl2N3O2. The van der Waals surface area contributed by atoms with Gasteiger partial charge in [0.05, 0.1) is 11.4 Å². The molecule has 23 heavy (non-hydrogen) atoms. The Balaban J connectivity index is 2.24. The molecule has 2 aromatic rings. The van der Waals surface area contributed by atoms with Gasteiger partial charge in [0, 0.05) is 26.4 Å². The Hall–Kier alpha value is -2.29. The van der Waals surface area contributed by atoms with Crippen LogP contribution in [0.15, 0.2) is 30.5 Å². The van der Waals surface area contributed by atoms with E-state index in [9.17, 15) is 4.79 Å². The lowest BCUT2D eigenvalue weighted by molar-refractivity contribution is -0.127. The van der Waals surface area contributed by atoms with Gasteiger partial charge in [0.2, 0.25) is 5.91 Å². The smallest absolute Gasteiger partial charge is 0.226 e. The SMILES string of the molecule is CN(C)C(=O)Cc1ccc(Oc2ccnc(Cl)c2C#N)c(Cl)c1. The van der Waals surface area contributed by atoms with Crippen molar-refractivity contribution >= 4 is 29.1 Å². The molecule has 0 N–H and O–H groups in total. The Morgan fingerprint density at radius 3 is 2.65 bits per heavy atom. The van der Waals surface area contributed by atoms with Crippen LogP contribution in [0, 0.1) is 11.3 Å². The average Bonchev–Trinajstić information content (AvgIpc) is 2.50. The zero-order valence-electron chi connectivity index (χ0n) is 12.5. The lowest BCUT2D eigenvalue weighted by Crippen LogP contribution is -2.23. The largest absolute Gasteiger partial charge is 0.454 e.